The average molecular weight is 335 g/mol. The molecular weight excluding hydrogens is 306 g/mol. The van der Waals surface area contributed by atoms with Gasteiger partial charge in [-0.05, 0) is 32.8 Å². The van der Waals surface area contributed by atoms with Gasteiger partial charge in [-0.1, -0.05) is 50.1 Å². The number of carbonyl (C=O) groups is 2. The van der Waals surface area contributed by atoms with E-state index in [2.05, 4.69) is 17.7 Å². The van der Waals surface area contributed by atoms with Crippen molar-refractivity contribution in [2.45, 2.75) is 59.1 Å². The fourth-order valence-electron chi connectivity index (χ4n) is 2.01. The highest BCUT2D eigenvalue weighted by molar-refractivity contribution is 5.77. The molecule has 0 aliphatic rings. The van der Waals surface area contributed by atoms with E-state index >= 15 is 0 Å². The second-order valence-corrected chi connectivity index (χ2v) is 6.62. The van der Waals surface area contributed by atoms with Crippen molar-refractivity contribution in [1.29, 1.82) is 0 Å². The summed E-state index contributed by atoms with van der Waals surface area (Å²) < 4.78 is 5.22. The fraction of sp³-hybridized carbons (Fsp3) is 0.556. The number of amides is 3. The standard InChI is InChI=1S/C18H29N3O3/c1-5-6-10-13-21(20-17(23)24-18(2,3)4)16(22)19-14-15-11-8-7-9-12-15/h7-9,11-12H,5-6,10,13-14H2,1-4H3,(H,19,22)(H,20,23). The molecule has 0 saturated heterocycles. The quantitative estimate of drug-likeness (QED) is 0.613. The van der Waals surface area contributed by atoms with Gasteiger partial charge in [-0.2, -0.15) is 0 Å². The summed E-state index contributed by atoms with van der Waals surface area (Å²) >= 11 is 0. The van der Waals surface area contributed by atoms with Crippen LogP contribution in [-0.4, -0.2) is 29.3 Å². The van der Waals surface area contributed by atoms with Crippen molar-refractivity contribution >= 4 is 12.1 Å². The molecule has 134 valence electrons. The zero-order valence-corrected chi connectivity index (χ0v) is 15.1. The van der Waals surface area contributed by atoms with Crippen molar-refractivity contribution in [3.63, 3.8) is 0 Å². The Morgan fingerprint density at radius 3 is 2.38 bits per heavy atom. The summed E-state index contributed by atoms with van der Waals surface area (Å²) in [7, 11) is 0. The maximum absolute atomic E-state index is 12.4. The first kappa shape index (κ1) is 19.8. The molecule has 2 N–H and O–H groups in total. The summed E-state index contributed by atoms with van der Waals surface area (Å²) in [4.78, 5) is 24.3. The van der Waals surface area contributed by atoms with Gasteiger partial charge in [0.2, 0.25) is 0 Å². The van der Waals surface area contributed by atoms with Crippen LogP contribution in [0.25, 0.3) is 0 Å². The highest BCUT2D eigenvalue weighted by Crippen LogP contribution is 2.07. The van der Waals surface area contributed by atoms with Crippen LogP contribution < -0.4 is 10.7 Å². The molecule has 24 heavy (non-hydrogen) atoms. The summed E-state index contributed by atoms with van der Waals surface area (Å²) in [6.07, 6.45) is 2.20. The molecule has 1 aromatic carbocycles. The molecule has 1 aromatic rings. The van der Waals surface area contributed by atoms with Crippen LogP contribution in [0.5, 0.6) is 0 Å². The van der Waals surface area contributed by atoms with Crippen molar-refractivity contribution in [2.75, 3.05) is 6.54 Å². The molecule has 0 fully saturated rings. The number of urea groups is 1. The lowest BCUT2D eigenvalue weighted by Crippen LogP contribution is -2.52. The van der Waals surface area contributed by atoms with Gasteiger partial charge in [-0.3, -0.25) is 0 Å². The summed E-state index contributed by atoms with van der Waals surface area (Å²) in [5.41, 5.74) is 2.91. The minimum Gasteiger partial charge on any atom is -0.443 e. The number of unbranched alkanes of at least 4 members (excludes halogenated alkanes) is 2. The number of rotatable bonds is 6. The maximum Gasteiger partial charge on any atom is 0.426 e. The fourth-order valence-corrected chi connectivity index (χ4v) is 2.01. The molecule has 0 bridgehead atoms. The van der Waals surface area contributed by atoms with Crippen LogP contribution in [0.15, 0.2) is 30.3 Å². The predicted molar refractivity (Wildman–Crippen MR) is 94.3 cm³/mol. The van der Waals surface area contributed by atoms with E-state index < -0.39 is 11.7 Å². The van der Waals surface area contributed by atoms with Crippen LogP contribution in [0.2, 0.25) is 0 Å². The van der Waals surface area contributed by atoms with Gasteiger partial charge in [0.05, 0.1) is 0 Å². The number of hydrogen-bond acceptors (Lipinski definition) is 3. The smallest absolute Gasteiger partial charge is 0.426 e. The van der Waals surface area contributed by atoms with Gasteiger partial charge in [0, 0.05) is 13.1 Å². The topological polar surface area (TPSA) is 70.7 Å². The Kier molecular flexibility index (Phi) is 8.09. The summed E-state index contributed by atoms with van der Waals surface area (Å²) in [5, 5.41) is 4.10. The van der Waals surface area contributed by atoms with E-state index in [4.69, 9.17) is 4.74 Å². The van der Waals surface area contributed by atoms with E-state index in [1.165, 1.54) is 5.01 Å². The van der Waals surface area contributed by atoms with Crippen LogP contribution in [-0.2, 0) is 11.3 Å². The summed E-state index contributed by atoms with van der Waals surface area (Å²) in [5.74, 6) is 0. The second-order valence-electron chi connectivity index (χ2n) is 6.62. The van der Waals surface area contributed by atoms with E-state index in [-0.39, 0.29) is 6.03 Å². The van der Waals surface area contributed by atoms with Crippen LogP contribution in [0.4, 0.5) is 9.59 Å². The van der Waals surface area contributed by atoms with E-state index in [1.807, 2.05) is 30.3 Å². The molecule has 0 spiro atoms. The molecule has 0 saturated carbocycles. The number of hydrazine groups is 1. The minimum atomic E-state index is -0.631. The molecule has 0 radical (unpaired) electrons. The highest BCUT2D eigenvalue weighted by Gasteiger charge is 2.21. The lowest BCUT2D eigenvalue weighted by Gasteiger charge is -2.26. The van der Waals surface area contributed by atoms with Crippen molar-refractivity contribution in [2.24, 2.45) is 0 Å². The first-order valence-corrected chi connectivity index (χ1v) is 8.40. The van der Waals surface area contributed by atoms with Crippen LogP contribution in [0, 0.1) is 0 Å². The predicted octanol–water partition coefficient (Wildman–Crippen LogP) is 3.83. The van der Waals surface area contributed by atoms with Crippen molar-refractivity contribution in [3.8, 4) is 0 Å². The lowest BCUT2D eigenvalue weighted by atomic mass is 10.2. The van der Waals surface area contributed by atoms with Gasteiger partial charge in [0.1, 0.15) is 5.60 Å². The number of carbonyl (C=O) groups excluding carboxylic acids is 2. The first-order valence-electron chi connectivity index (χ1n) is 8.40. The Morgan fingerprint density at radius 2 is 1.79 bits per heavy atom. The molecular formula is C18H29N3O3. The number of nitrogens with one attached hydrogen (secondary N) is 2. The molecule has 1 rings (SSSR count). The first-order chi connectivity index (χ1) is 11.3. The number of nitrogens with zero attached hydrogens (tertiary/aromatic N) is 1. The molecule has 0 heterocycles. The molecule has 0 atom stereocenters. The highest BCUT2D eigenvalue weighted by atomic mass is 16.6. The van der Waals surface area contributed by atoms with Gasteiger partial charge >= 0.3 is 12.1 Å². The van der Waals surface area contributed by atoms with Gasteiger partial charge in [0.15, 0.2) is 0 Å². The Balaban J connectivity index is 2.58. The minimum absolute atomic E-state index is 0.346. The summed E-state index contributed by atoms with van der Waals surface area (Å²) in [6, 6.07) is 9.28. The lowest BCUT2D eigenvalue weighted by molar-refractivity contribution is 0.0376. The average Bonchev–Trinajstić information content (AvgIpc) is 2.51. The zero-order valence-electron chi connectivity index (χ0n) is 15.1. The van der Waals surface area contributed by atoms with E-state index in [1.54, 1.807) is 20.8 Å². The van der Waals surface area contributed by atoms with Crippen LogP contribution in [0.1, 0.15) is 52.5 Å². The van der Waals surface area contributed by atoms with Gasteiger partial charge in [-0.15, -0.1) is 0 Å². The number of hydrogen-bond donors (Lipinski definition) is 2. The van der Waals surface area contributed by atoms with Crippen molar-refractivity contribution in [3.05, 3.63) is 35.9 Å². The SMILES string of the molecule is CCCCCN(NC(=O)OC(C)(C)C)C(=O)NCc1ccccc1. The Morgan fingerprint density at radius 1 is 1.12 bits per heavy atom. The third-order valence-electron chi connectivity index (χ3n) is 3.14. The molecule has 0 aliphatic heterocycles. The van der Waals surface area contributed by atoms with E-state index in [9.17, 15) is 9.59 Å². The third kappa shape index (κ3) is 8.41. The van der Waals surface area contributed by atoms with E-state index in [0.29, 0.717) is 13.1 Å². The van der Waals surface area contributed by atoms with E-state index in [0.717, 1.165) is 24.8 Å². The molecule has 0 aliphatic carbocycles. The normalized spacial score (nSPS) is 10.8. The van der Waals surface area contributed by atoms with Gasteiger partial charge in [-0.25, -0.2) is 20.0 Å². The van der Waals surface area contributed by atoms with Crippen molar-refractivity contribution < 1.29 is 14.3 Å². The maximum atomic E-state index is 12.4. The van der Waals surface area contributed by atoms with Gasteiger partial charge in [0.25, 0.3) is 0 Å². The van der Waals surface area contributed by atoms with Crippen LogP contribution in [0.3, 0.4) is 0 Å². The van der Waals surface area contributed by atoms with Crippen LogP contribution >= 0.6 is 0 Å². The molecule has 0 aromatic heterocycles. The second kappa shape index (κ2) is 9.80. The van der Waals surface area contributed by atoms with Crippen molar-refractivity contribution in [1.82, 2.24) is 15.8 Å². The van der Waals surface area contributed by atoms with Gasteiger partial charge < -0.3 is 10.1 Å². The molecule has 6 nitrogen and oxygen atoms in total. The Hall–Kier alpha value is -2.24. The molecule has 6 heteroatoms. The molecule has 0 unspecified atom stereocenters. The third-order valence-corrected chi connectivity index (χ3v) is 3.14. The monoisotopic (exact) mass is 335 g/mol. The number of benzene rings is 1. The Labute approximate surface area is 144 Å². The zero-order chi connectivity index (χ0) is 18.0. The number of ether oxygens (including phenoxy) is 1. The summed E-state index contributed by atoms with van der Waals surface area (Å²) in [6.45, 7) is 8.27. The Bertz CT molecular complexity index is 512. The largest absolute Gasteiger partial charge is 0.443 e. The molecule has 3 amide bonds.